The highest BCUT2D eigenvalue weighted by Crippen LogP contribution is 2.24. The van der Waals surface area contributed by atoms with Gasteiger partial charge >= 0.3 is 0 Å². The van der Waals surface area contributed by atoms with Gasteiger partial charge in [0.1, 0.15) is 0 Å². The minimum Gasteiger partial charge on any atom is -0.550 e. The van der Waals surface area contributed by atoms with Crippen molar-refractivity contribution in [2.75, 3.05) is 0 Å². The van der Waals surface area contributed by atoms with Gasteiger partial charge in [0, 0.05) is 5.97 Å². The number of carbonyl (C=O) groups is 1. The lowest BCUT2D eigenvalue weighted by atomic mass is 9.89. The van der Waals surface area contributed by atoms with Crippen molar-refractivity contribution in [3.8, 4) is 0 Å². The van der Waals surface area contributed by atoms with Crippen LogP contribution in [-0.2, 0) is 4.79 Å². The molecule has 0 aromatic rings. The molecule has 126 valence electrons. The van der Waals surface area contributed by atoms with E-state index >= 15 is 0 Å². The van der Waals surface area contributed by atoms with E-state index in [1.165, 1.54) is 12.8 Å². The summed E-state index contributed by atoms with van der Waals surface area (Å²) >= 11 is 0. The number of aliphatic carboxylic acids is 1. The lowest BCUT2D eigenvalue weighted by Crippen LogP contribution is -2.29. The summed E-state index contributed by atoms with van der Waals surface area (Å²) in [6.45, 7) is 8.06. The van der Waals surface area contributed by atoms with Crippen LogP contribution in [0.5, 0.6) is 0 Å². The first-order chi connectivity index (χ1) is 9.78. The molecule has 0 radical (unpaired) electrons. The first kappa shape index (κ1) is 20.4. The third-order valence-corrected chi connectivity index (χ3v) is 4.47. The molecule has 0 aliphatic rings. The zero-order chi connectivity index (χ0) is 16.3. The lowest BCUT2D eigenvalue weighted by molar-refractivity contribution is -0.311. The second-order valence-corrected chi connectivity index (χ2v) is 7.10. The first-order valence-electron chi connectivity index (χ1n) is 8.71. The summed E-state index contributed by atoms with van der Waals surface area (Å²) in [7, 11) is 0. The van der Waals surface area contributed by atoms with Crippen LogP contribution in [0.4, 0.5) is 0 Å². The highest BCUT2D eigenvalue weighted by Gasteiger charge is 2.19. The quantitative estimate of drug-likeness (QED) is 0.528. The van der Waals surface area contributed by atoms with Crippen LogP contribution in [0.3, 0.4) is 0 Å². The molecule has 0 fully saturated rings. The number of carboxylic acids is 1. The molecule has 0 aliphatic carbocycles. The first-order valence-corrected chi connectivity index (χ1v) is 8.71. The monoisotopic (exact) mass is 299 g/mol. The molecule has 0 aromatic heterocycles. The predicted octanol–water partition coefficient (Wildman–Crippen LogP) is 3.68. The molecule has 0 aromatic carbocycles. The molecule has 21 heavy (non-hydrogen) atoms. The van der Waals surface area contributed by atoms with Crippen LogP contribution in [-0.4, -0.2) is 16.7 Å². The molecule has 0 heterocycles. The van der Waals surface area contributed by atoms with Gasteiger partial charge in [0.25, 0.3) is 0 Å². The van der Waals surface area contributed by atoms with Crippen molar-refractivity contribution in [1.82, 2.24) is 0 Å². The van der Waals surface area contributed by atoms with Crippen LogP contribution in [0.2, 0.25) is 0 Å². The molecule has 0 saturated carbocycles. The van der Waals surface area contributed by atoms with E-state index < -0.39 is 11.6 Å². The van der Waals surface area contributed by atoms with Gasteiger partial charge in [-0.25, -0.2) is 0 Å². The van der Waals surface area contributed by atoms with Gasteiger partial charge in [-0.15, -0.1) is 0 Å². The molecule has 0 bridgehead atoms. The van der Waals surface area contributed by atoms with Gasteiger partial charge in [-0.3, -0.25) is 0 Å². The molecule has 1 N–H and O–H groups in total. The zero-order valence-corrected chi connectivity index (χ0v) is 14.5. The van der Waals surface area contributed by atoms with Gasteiger partial charge in [0.2, 0.25) is 0 Å². The van der Waals surface area contributed by atoms with E-state index in [1.54, 1.807) is 6.92 Å². The number of carbonyl (C=O) groups excluding carboxylic acids is 1. The maximum atomic E-state index is 10.6. The number of rotatable bonds is 13. The van der Waals surface area contributed by atoms with E-state index in [0.717, 1.165) is 44.9 Å². The number of hydrogen-bond acceptors (Lipinski definition) is 3. The summed E-state index contributed by atoms with van der Waals surface area (Å²) in [5.74, 6) is -0.673. The Morgan fingerprint density at radius 1 is 1.05 bits per heavy atom. The van der Waals surface area contributed by atoms with E-state index in [9.17, 15) is 15.0 Å². The lowest BCUT2D eigenvalue weighted by Gasteiger charge is -2.24. The SMILES string of the molecule is CCCCCC(C)(O)CCCC(C)CCCC(C)C(=O)[O-]. The summed E-state index contributed by atoms with van der Waals surface area (Å²) in [6, 6.07) is 0. The van der Waals surface area contributed by atoms with E-state index in [-0.39, 0.29) is 5.92 Å². The average Bonchev–Trinajstić information content (AvgIpc) is 2.38. The molecule has 3 heteroatoms. The third-order valence-electron chi connectivity index (χ3n) is 4.47. The molecule has 0 rings (SSSR count). The van der Waals surface area contributed by atoms with Crippen LogP contribution in [0.25, 0.3) is 0 Å². The van der Waals surface area contributed by atoms with Crippen LogP contribution >= 0.6 is 0 Å². The van der Waals surface area contributed by atoms with Crippen LogP contribution in [0.15, 0.2) is 0 Å². The largest absolute Gasteiger partial charge is 0.550 e. The molecule has 3 unspecified atom stereocenters. The molecule has 0 spiro atoms. The fourth-order valence-electron chi connectivity index (χ4n) is 2.75. The highest BCUT2D eigenvalue weighted by molar-refractivity contribution is 5.66. The number of aliphatic hydroxyl groups is 1. The van der Waals surface area contributed by atoms with Gasteiger partial charge < -0.3 is 15.0 Å². The Balaban J connectivity index is 3.68. The second kappa shape index (κ2) is 11.1. The smallest absolute Gasteiger partial charge is 0.0619 e. The van der Waals surface area contributed by atoms with E-state index in [2.05, 4.69) is 13.8 Å². The van der Waals surface area contributed by atoms with Crippen LogP contribution in [0, 0.1) is 11.8 Å². The maximum Gasteiger partial charge on any atom is 0.0619 e. The standard InChI is InChI=1S/C18H36O3/c1-5-6-7-13-18(4,21)14-9-11-15(2)10-8-12-16(3)17(19)20/h15-16,21H,5-14H2,1-4H3,(H,19,20)/p-1. The zero-order valence-electron chi connectivity index (χ0n) is 14.5. The van der Waals surface area contributed by atoms with Crippen LogP contribution in [0.1, 0.15) is 91.9 Å². The molecule has 0 aliphatic heterocycles. The molecular weight excluding hydrogens is 264 g/mol. The summed E-state index contributed by atoms with van der Waals surface area (Å²) in [4.78, 5) is 10.6. The molecule has 0 saturated heterocycles. The summed E-state index contributed by atoms with van der Waals surface area (Å²) < 4.78 is 0. The highest BCUT2D eigenvalue weighted by atomic mass is 16.4. The van der Waals surface area contributed by atoms with Crippen molar-refractivity contribution in [3.05, 3.63) is 0 Å². The summed E-state index contributed by atoms with van der Waals surface area (Å²) in [6.07, 6.45) is 10.2. The normalized spacial score (nSPS) is 17.2. The Morgan fingerprint density at radius 2 is 1.62 bits per heavy atom. The summed E-state index contributed by atoms with van der Waals surface area (Å²) in [5.41, 5.74) is -0.515. The topological polar surface area (TPSA) is 60.4 Å². The second-order valence-electron chi connectivity index (χ2n) is 7.10. The predicted molar refractivity (Wildman–Crippen MR) is 85.8 cm³/mol. The number of unbranched alkanes of at least 4 members (excludes halogenated alkanes) is 2. The van der Waals surface area contributed by atoms with Crippen molar-refractivity contribution in [2.45, 2.75) is 97.5 Å². The van der Waals surface area contributed by atoms with Crippen molar-refractivity contribution < 1.29 is 15.0 Å². The molecule has 3 atom stereocenters. The van der Waals surface area contributed by atoms with Crippen molar-refractivity contribution in [1.29, 1.82) is 0 Å². The Hall–Kier alpha value is -0.570. The van der Waals surface area contributed by atoms with Gasteiger partial charge in [0.15, 0.2) is 0 Å². The average molecular weight is 299 g/mol. The minimum atomic E-state index is -0.939. The van der Waals surface area contributed by atoms with Gasteiger partial charge in [-0.2, -0.15) is 0 Å². The molecule has 0 amide bonds. The number of carboxylic acid groups (broad SMARTS) is 1. The minimum absolute atomic E-state index is 0.337. The Morgan fingerprint density at radius 3 is 2.19 bits per heavy atom. The Bertz CT molecular complexity index is 274. The van der Waals surface area contributed by atoms with Crippen molar-refractivity contribution in [2.24, 2.45) is 11.8 Å². The maximum absolute atomic E-state index is 10.6. The van der Waals surface area contributed by atoms with E-state index in [1.807, 2.05) is 6.92 Å². The third kappa shape index (κ3) is 11.7. The van der Waals surface area contributed by atoms with E-state index in [4.69, 9.17) is 0 Å². The van der Waals surface area contributed by atoms with Gasteiger partial charge in [-0.05, 0) is 38.0 Å². The molecule has 3 nitrogen and oxygen atoms in total. The van der Waals surface area contributed by atoms with Crippen molar-refractivity contribution >= 4 is 5.97 Å². The van der Waals surface area contributed by atoms with Crippen molar-refractivity contribution in [3.63, 3.8) is 0 Å². The van der Waals surface area contributed by atoms with Gasteiger partial charge in [0.05, 0.1) is 5.60 Å². The number of hydrogen-bond donors (Lipinski definition) is 1. The summed E-state index contributed by atoms with van der Waals surface area (Å²) in [5, 5.41) is 20.9. The fraction of sp³-hybridized carbons (Fsp3) is 0.944. The van der Waals surface area contributed by atoms with Gasteiger partial charge in [-0.1, -0.05) is 65.7 Å². The molecular formula is C18H35O3-. The van der Waals surface area contributed by atoms with Crippen LogP contribution < -0.4 is 5.11 Å². The van der Waals surface area contributed by atoms with E-state index in [0.29, 0.717) is 12.3 Å². The fourth-order valence-corrected chi connectivity index (χ4v) is 2.75. The Labute approximate surface area is 131 Å². The Kier molecular flexibility index (Phi) is 10.8.